The normalized spacial score (nSPS) is 16.4. The third kappa shape index (κ3) is 7.00. The highest BCUT2D eigenvalue weighted by atomic mass is 32.2. The lowest BCUT2D eigenvalue weighted by Crippen LogP contribution is -2.37. The Labute approximate surface area is 132 Å². The van der Waals surface area contributed by atoms with E-state index >= 15 is 0 Å². The van der Waals surface area contributed by atoms with E-state index in [0.717, 1.165) is 18.0 Å². The fourth-order valence-corrected chi connectivity index (χ4v) is 3.43. The zero-order chi connectivity index (χ0) is 14.8. The van der Waals surface area contributed by atoms with E-state index in [-0.39, 0.29) is 5.91 Å². The van der Waals surface area contributed by atoms with E-state index in [0.29, 0.717) is 11.8 Å². The number of amides is 1. The van der Waals surface area contributed by atoms with E-state index in [9.17, 15) is 4.79 Å². The molecule has 0 aromatic heterocycles. The van der Waals surface area contributed by atoms with Gasteiger partial charge in [0.25, 0.3) is 0 Å². The zero-order valence-corrected chi connectivity index (χ0v) is 13.5. The summed E-state index contributed by atoms with van der Waals surface area (Å²) in [5, 5.41) is 6.56. The van der Waals surface area contributed by atoms with Crippen LogP contribution in [0.3, 0.4) is 0 Å². The summed E-state index contributed by atoms with van der Waals surface area (Å²) in [5.41, 5.74) is 0. The van der Waals surface area contributed by atoms with Gasteiger partial charge in [-0.2, -0.15) is 0 Å². The molecule has 0 atom stereocenters. The zero-order valence-electron chi connectivity index (χ0n) is 12.6. The highest BCUT2D eigenvalue weighted by Crippen LogP contribution is 2.17. The van der Waals surface area contributed by atoms with Crippen molar-refractivity contribution in [3.05, 3.63) is 30.3 Å². The molecule has 1 amide bonds. The lowest BCUT2D eigenvalue weighted by molar-refractivity contribution is -0.118. The van der Waals surface area contributed by atoms with Crippen molar-refractivity contribution in [3.8, 4) is 0 Å². The molecule has 0 heterocycles. The molecule has 0 radical (unpaired) electrons. The van der Waals surface area contributed by atoms with Gasteiger partial charge in [-0.3, -0.25) is 4.79 Å². The summed E-state index contributed by atoms with van der Waals surface area (Å²) < 4.78 is 0. The van der Waals surface area contributed by atoms with E-state index in [1.54, 1.807) is 11.8 Å². The van der Waals surface area contributed by atoms with Gasteiger partial charge in [0, 0.05) is 24.0 Å². The van der Waals surface area contributed by atoms with Crippen molar-refractivity contribution in [2.45, 2.75) is 49.5 Å². The number of benzene rings is 1. The molecule has 0 spiro atoms. The van der Waals surface area contributed by atoms with Gasteiger partial charge in [0.05, 0.1) is 5.75 Å². The molecule has 116 valence electrons. The van der Waals surface area contributed by atoms with Gasteiger partial charge < -0.3 is 10.6 Å². The highest BCUT2D eigenvalue weighted by Gasteiger charge is 2.11. The Morgan fingerprint density at radius 3 is 2.48 bits per heavy atom. The molecule has 1 aliphatic rings. The monoisotopic (exact) mass is 306 g/mol. The average Bonchev–Trinajstić information content (AvgIpc) is 2.79. The van der Waals surface area contributed by atoms with Crippen LogP contribution >= 0.6 is 11.8 Å². The van der Waals surface area contributed by atoms with Crippen LogP contribution in [0.1, 0.15) is 38.5 Å². The Bertz CT molecular complexity index is 403. The van der Waals surface area contributed by atoms with Crippen LogP contribution in [0.4, 0.5) is 0 Å². The molecule has 1 aromatic carbocycles. The van der Waals surface area contributed by atoms with Gasteiger partial charge in [-0.15, -0.1) is 11.8 Å². The van der Waals surface area contributed by atoms with Crippen LogP contribution in [0, 0.1) is 0 Å². The van der Waals surface area contributed by atoms with E-state index in [1.165, 1.54) is 38.5 Å². The van der Waals surface area contributed by atoms with Gasteiger partial charge in [0.15, 0.2) is 0 Å². The summed E-state index contributed by atoms with van der Waals surface area (Å²) in [6.07, 6.45) is 8.03. The van der Waals surface area contributed by atoms with Gasteiger partial charge in [-0.05, 0) is 25.0 Å². The van der Waals surface area contributed by atoms with Crippen molar-refractivity contribution in [1.29, 1.82) is 0 Å². The lowest BCUT2D eigenvalue weighted by atomic mass is 10.1. The second kappa shape index (κ2) is 9.85. The van der Waals surface area contributed by atoms with Crippen LogP contribution in [-0.2, 0) is 4.79 Å². The number of carbonyl (C=O) groups excluding carboxylic acids is 1. The van der Waals surface area contributed by atoms with Crippen LogP contribution in [-0.4, -0.2) is 30.8 Å². The molecular weight excluding hydrogens is 280 g/mol. The average molecular weight is 306 g/mol. The molecule has 1 saturated carbocycles. The number of nitrogens with one attached hydrogen (secondary N) is 2. The van der Waals surface area contributed by atoms with E-state index in [1.807, 2.05) is 30.3 Å². The Morgan fingerprint density at radius 2 is 1.76 bits per heavy atom. The van der Waals surface area contributed by atoms with Crippen molar-refractivity contribution in [2.24, 2.45) is 0 Å². The van der Waals surface area contributed by atoms with Crippen LogP contribution in [0.5, 0.6) is 0 Å². The summed E-state index contributed by atoms with van der Waals surface area (Å²) in [4.78, 5) is 12.9. The van der Waals surface area contributed by atoms with Crippen molar-refractivity contribution in [1.82, 2.24) is 10.6 Å². The van der Waals surface area contributed by atoms with Crippen LogP contribution < -0.4 is 10.6 Å². The minimum Gasteiger partial charge on any atom is -0.354 e. The predicted molar refractivity (Wildman–Crippen MR) is 89.7 cm³/mol. The highest BCUT2D eigenvalue weighted by molar-refractivity contribution is 8.00. The van der Waals surface area contributed by atoms with Crippen molar-refractivity contribution in [3.63, 3.8) is 0 Å². The first-order valence-electron chi connectivity index (χ1n) is 8.02. The first-order valence-corrected chi connectivity index (χ1v) is 9.01. The minimum atomic E-state index is 0.117. The van der Waals surface area contributed by atoms with E-state index in [4.69, 9.17) is 0 Å². The van der Waals surface area contributed by atoms with Crippen LogP contribution in [0.25, 0.3) is 0 Å². The van der Waals surface area contributed by atoms with Gasteiger partial charge in [-0.25, -0.2) is 0 Å². The maximum atomic E-state index is 11.8. The van der Waals surface area contributed by atoms with Crippen molar-refractivity contribution in [2.75, 3.05) is 18.8 Å². The Kier molecular flexibility index (Phi) is 7.68. The molecule has 0 aliphatic heterocycles. The first-order chi connectivity index (χ1) is 10.3. The number of carbonyl (C=O) groups is 1. The number of rotatable bonds is 7. The molecule has 1 aliphatic carbocycles. The Hall–Kier alpha value is -1.00. The van der Waals surface area contributed by atoms with Gasteiger partial charge in [0.2, 0.25) is 5.91 Å². The molecule has 0 saturated heterocycles. The standard InChI is InChI=1S/C17H26N2OS/c20-17(14-21-16-10-6-3-7-11-16)19-13-12-18-15-8-4-1-2-5-9-15/h3,6-7,10-11,15,18H,1-2,4-5,8-9,12-14H2,(H,19,20). The summed E-state index contributed by atoms with van der Waals surface area (Å²) in [6, 6.07) is 10.7. The smallest absolute Gasteiger partial charge is 0.230 e. The summed E-state index contributed by atoms with van der Waals surface area (Å²) in [6.45, 7) is 1.61. The molecule has 1 fully saturated rings. The molecule has 2 rings (SSSR count). The fraction of sp³-hybridized carbons (Fsp3) is 0.588. The largest absolute Gasteiger partial charge is 0.354 e. The van der Waals surface area contributed by atoms with Crippen molar-refractivity contribution < 1.29 is 4.79 Å². The second-order valence-corrected chi connectivity index (χ2v) is 6.64. The Balaban J connectivity index is 1.52. The topological polar surface area (TPSA) is 41.1 Å². The van der Waals surface area contributed by atoms with Crippen LogP contribution in [0.15, 0.2) is 35.2 Å². The van der Waals surface area contributed by atoms with Gasteiger partial charge in [-0.1, -0.05) is 43.9 Å². The molecule has 1 aromatic rings. The summed E-state index contributed by atoms with van der Waals surface area (Å²) in [7, 11) is 0. The number of hydrogen-bond acceptors (Lipinski definition) is 3. The predicted octanol–water partition coefficient (Wildman–Crippen LogP) is 3.21. The molecule has 3 nitrogen and oxygen atoms in total. The minimum absolute atomic E-state index is 0.117. The SMILES string of the molecule is O=C(CSc1ccccc1)NCCNC1CCCCCC1. The third-order valence-electron chi connectivity index (χ3n) is 3.85. The number of hydrogen-bond donors (Lipinski definition) is 2. The molecule has 0 bridgehead atoms. The van der Waals surface area contributed by atoms with Gasteiger partial charge >= 0.3 is 0 Å². The van der Waals surface area contributed by atoms with Gasteiger partial charge in [0.1, 0.15) is 0 Å². The first kappa shape index (κ1) is 16.4. The second-order valence-electron chi connectivity index (χ2n) is 5.59. The molecule has 2 N–H and O–H groups in total. The van der Waals surface area contributed by atoms with E-state index in [2.05, 4.69) is 10.6 Å². The molecule has 21 heavy (non-hydrogen) atoms. The quantitative estimate of drug-likeness (QED) is 0.462. The fourth-order valence-electron chi connectivity index (χ4n) is 2.68. The van der Waals surface area contributed by atoms with Crippen molar-refractivity contribution >= 4 is 17.7 Å². The number of thioether (sulfide) groups is 1. The summed E-state index contributed by atoms with van der Waals surface area (Å²) >= 11 is 1.58. The van der Waals surface area contributed by atoms with E-state index < -0.39 is 0 Å². The van der Waals surface area contributed by atoms with Crippen LogP contribution in [0.2, 0.25) is 0 Å². The molecule has 0 unspecified atom stereocenters. The maximum absolute atomic E-state index is 11.8. The lowest BCUT2D eigenvalue weighted by Gasteiger charge is -2.16. The maximum Gasteiger partial charge on any atom is 0.230 e. The third-order valence-corrected chi connectivity index (χ3v) is 4.86. The molecule has 4 heteroatoms. The Morgan fingerprint density at radius 1 is 1.05 bits per heavy atom. The molecular formula is C17H26N2OS. The summed E-state index contributed by atoms with van der Waals surface area (Å²) in [5.74, 6) is 0.611.